The van der Waals surface area contributed by atoms with Gasteiger partial charge in [0.1, 0.15) is 21.6 Å². The summed E-state index contributed by atoms with van der Waals surface area (Å²) in [4.78, 5) is 28.9. The van der Waals surface area contributed by atoms with E-state index in [2.05, 4.69) is 20.3 Å². The van der Waals surface area contributed by atoms with E-state index in [1.165, 1.54) is 36.0 Å². The Balaban J connectivity index is 1.52. The second-order valence-electron chi connectivity index (χ2n) is 8.10. The molecule has 6 aromatic rings. The fourth-order valence-electron chi connectivity index (χ4n) is 4.08. The molecule has 3 aromatic heterocycles. The molecule has 0 saturated carbocycles. The summed E-state index contributed by atoms with van der Waals surface area (Å²) < 4.78 is 1.56. The lowest BCUT2D eigenvalue weighted by Gasteiger charge is -2.10. The van der Waals surface area contributed by atoms with E-state index in [-0.39, 0.29) is 11.2 Å². The number of benzene rings is 3. The van der Waals surface area contributed by atoms with Crippen LogP contribution in [-0.2, 0) is 0 Å². The maximum Gasteiger partial charge on any atom is 0.291 e. The van der Waals surface area contributed by atoms with Gasteiger partial charge in [-0.25, -0.2) is 4.98 Å². The monoisotopic (exact) mass is 504 g/mol. The lowest BCUT2D eigenvalue weighted by Crippen LogP contribution is -2.15. The molecule has 0 unspecified atom stereocenters. The molecular formula is C27H16N6O3S. The zero-order valence-corrected chi connectivity index (χ0v) is 19.9. The number of nitro groups is 1. The third-order valence-corrected chi connectivity index (χ3v) is 6.89. The standard InChI is InChI=1S/C27H16N6O3S/c34-27-25-24(28-16-32(27)29-15-17-11-13-20(14-12-17)33(35)36)22-21(18-7-3-1-4-8-18)23(30-31-26(22)37-25)19-9-5-2-6-10-19/h1-16H/b29-15-. The van der Waals surface area contributed by atoms with E-state index in [4.69, 9.17) is 0 Å². The molecule has 0 fully saturated rings. The fraction of sp³-hybridized carbons (Fsp3) is 0. The minimum Gasteiger partial charge on any atom is -0.266 e. The van der Waals surface area contributed by atoms with Gasteiger partial charge >= 0.3 is 0 Å². The molecule has 6 rings (SSSR count). The average molecular weight is 505 g/mol. The Bertz CT molecular complexity index is 1860. The van der Waals surface area contributed by atoms with Crippen LogP contribution in [0.15, 0.2) is 101 Å². The summed E-state index contributed by atoms with van der Waals surface area (Å²) in [5, 5.41) is 24.9. The lowest BCUT2D eigenvalue weighted by atomic mass is 9.97. The van der Waals surface area contributed by atoms with Gasteiger partial charge in [-0.1, -0.05) is 60.7 Å². The molecule has 10 heteroatoms. The highest BCUT2D eigenvalue weighted by Gasteiger charge is 2.21. The Morgan fingerprint density at radius 2 is 1.57 bits per heavy atom. The number of non-ortho nitro benzene ring substituents is 1. The Morgan fingerprint density at radius 1 is 0.892 bits per heavy atom. The van der Waals surface area contributed by atoms with Crippen molar-refractivity contribution in [3.63, 3.8) is 0 Å². The van der Waals surface area contributed by atoms with Crippen molar-refractivity contribution in [2.24, 2.45) is 5.10 Å². The van der Waals surface area contributed by atoms with Crippen LogP contribution in [0.25, 0.3) is 42.8 Å². The van der Waals surface area contributed by atoms with Crippen LogP contribution in [0, 0.1) is 10.1 Å². The Morgan fingerprint density at radius 3 is 2.24 bits per heavy atom. The van der Waals surface area contributed by atoms with Crippen molar-refractivity contribution in [1.82, 2.24) is 19.9 Å². The number of hydrogen-bond donors (Lipinski definition) is 0. The van der Waals surface area contributed by atoms with Gasteiger partial charge in [-0.15, -0.1) is 21.5 Å². The molecule has 0 aliphatic heterocycles. The molecule has 3 aromatic carbocycles. The van der Waals surface area contributed by atoms with E-state index in [0.717, 1.165) is 26.8 Å². The third-order valence-electron chi connectivity index (χ3n) is 5.84. The number of rotatable bonds is 5. The summed E-state index contributed by atoms with van der Waals surface area (Å²) in [7, 11) is 0. The van der Waals surface area contributed by atoms with Gasteiger partial charge in [-0.05, 0) is 23.3 Å². The van der Waals surface area contributed by atoms with Crippen molar-refractivity contribution in [2.75, 3.05) is 0 Å². The maximum atomic E-state index is 13.3. The SMILES string of the molecule is O=c1c2sc3nnc(-c4ccccc4)c(-c4ccccc4)c3c2ncn1/N=C\c1ccc([N+](=O)[O-])cc1. The van der Waals surface area contributed by atoms with E-state index in [9.17, 15) is 14.9 Å². The van der Waals surface area contributed by atoms with Crippen LogP contribution in [0.3, 0.4) is 0 Å². The number of fused-ring (bicyclic) bond motifs is 3. The topological polar surface area (TPSA) is 116 Å². The molecule has 3 heterocycles. The van der Waals surface area contributed by atoms with Crippen LogP contribution in [0.5, 0.6) is 0 Å². The number of thiophene rings is 1. The molecule has 0 aliphatic carbocycles. The molecule has 0 aliphatic rings. The first-order valence-corrected chi connectivity index (χ1v) is 12.0. The summed E-state index contributed by atoms with van der Waals surface area (Å²) in [6.45, 7) is 0. The molecular weight excluding hydrogens is 488 g/mol. The third kappa shape index (κ3) is 4.05. The number of nitro benzene ring substituents is 1. The van der Waals surface area contributed by atoms with E-state index in [1.807, 2.05) is 60.7 Å². The highest BCUT2D eigenvalue weighted by molar-refractivity contribution is 7.25. The Kier molecular flexibility index (Phi) is 5.55. The molecule has 9 nitrogen and oxygen atoms in total. The van der Waals surface area contributed by atoms with Gasteiger partial charge in [0, 0.05) is 28.6 Å². The summed E-state index contributed by atoms with van der Waals surface area (Å²) in [5.74, 6) is 0. The van der Waals surface area contributed by atoms with Crippen molar-refractivity contribution in [3.8, 4) is 22.4 Å². The first-order chi connectivity index (χ1) is 18.1. The zero-order chi connectivity index (χ0) is 25.4. The van der Waals surface area contributed by atoms with Crippen molar-refractivity contribution in [1.29, 1.82) is 0 Å². The first-order valence-electron chi connectivity index (χ1n) is 11.2. The van der Waals surface area contributed by atoms with Crippen LogP contribution >= 0.6 is 11.3 Å². The quantitative estimate of drug-likeness (QED) is 0.173. The smallest absolute Gasteiger partial charge is 0.266 e. The largest absolute Gasteiger partial charge is 0.291 e. The molecule has 0 spiro atoms. The van der Waals surface area contributed by atoms with Crippen LogP contribution in [-0.4, -0.2) is 31.0 Å². The van der Waals surface area contributed by atoms with E-state index in [1.54, 1.807) is 12.1 Å². The van der Waals surface area contributed by atoms with Crippen LogP contribution in [0.1, 0.15) is 5.56 Å². The van der Waals surface area contributed by atoms with Crippen LogP contribution in [0.2, 0.25) is 0 Å². The van der Waals surface area contributed by atoms with Crippen molar-refractivity contribution in [2.45, 2.75) is 0 Å². The number of hydrogen-bond acceptors (Lipinski definition) is 8. The van der Waals surface area contributed by atoms with E-state index >= 15 is 0 Å². The summed E-state index contributed by atoms with van der Waals surface area (Å²) >= 11 is 1.22. The Labute approximate surface area is 213 Å². The van der Waals surface area contributed by atoms with Gasteiger partial charge < -0.3 is 0 Å². The summed E-state index contributed by atoms with van der Waals surface area (Å²) in [6, 6.07) is 25.5. The van der Waals surface area contributed by atoms with Crippen LogP contribution in [0.4, 0.5) is 5.69 Å². The molecule has 0 bridgehead atoms. The molecule has 0 saturated heterocycles. The highest BCUT2D eigenvalue weighted by Crippen LogP contribution is 2.41. The normalized spacial score (nSPS) is 11.5. The molecule has 0 atom stereocenters. The second-order valence-corrected chi connectivity index (χ2v) is 9.10. The van der Waals surface area contributed by atoms with Gasteiger partial charge in [0.2, 0.25) is 0 Å². The lowest BCUT2D eigenvalue weighted by molar-refractivity contribution is -0.384. The second kappa shape index (κ2) is 9.17. The highest BCUT2D eigenvalue weighted by atomic mass is 32.1. The number of aromatic nitrogens is 4. The first kappa shape index (κ1) is 22.4. The van der Waals surface area contributed by atoms with E-state index in [0.29, 0.717) is 26.3 Å². The number of nitrogens with zero attached hydrogens (tertiary/aromatic N) is 6. The minimum absolute atomic E-state index is 0.0205. The predicted octanol–water partition coefficient (Wildman–Crippen LogP) is 5.53. The van der Waals surface area contributed by atoms with Gasteiger partial charge in [0.15, 0.2) is 0 Å². The van der Waals surface area contributed by atoms with E-state index < -0.39 is 4.92 Å². The molecule has 37 heavy (non-hydrogen) atoms. The van der Waals surface area contributed by atoms with Crippen molar-refractivity contribution >= 4 is 43.7 Å². The van der Waals surface area contributed by atoms with Gasteiger partial charge in [-0.3, -0.25) is 14.9 Å². The maximum absolute atomic E-state index is 13.3. The zero-order valence-electron chi connectivity index (χ0n) is 19.1. The summed E-state index contributed by atoms with van der Waals surface area (Å²) in [6.07, 6.45) is 2.82. The molecule has 0 N–H and O–H groups in total. The Hall–Kier alpha value is -5.09. The van der Waals surface area contributed by atoms with Gasteiger partial charge in [-0.2, -0.15) is 9.78 Å². The fourth-order valence-corrected chi connectivity index (χ4v) is 5.09. The minimum atomic E-state index is -0.472. The van der Waals surface area contributed by atoms with Crippen molar-refractivity contribution in [3.05, 3.63) is 117 Å². The van der Waals surface area contributed by atoms with Crippen molar-refractivity contribution < 1.29 is 4.92 Å². The summed E-state index contributed by atoms with van der Waals surface area (Å²) in [5.41, 5.74) is 4.22. The molecule has 0 amide bonds. The molecule has 0 radical (unpaired) electrons. The van der Waals surface area contributed by atoms with Gasteiger partial charge in [0.25, 0.3) is 11.2 Å². The van der Waals surface area contributed by atoms with Gasteiger partial charge in [0.05, 0.1) is 16.7 Å². The average Bonchev–Trinajstić information content (AvgIpc) is 3.33. The molecule has 178 valence electrons. The predicted molar refractivity (Wildman–Crippen MR) is 144 cm³/mol. The van der Waals surface area contributed by atoms with Crippen LogP contribution < -0.4 is 5.56 Å².